The van der Waals surface area contributed by atoms with Crippen molar-refractivity contribution in [3.05, 3.63) is 224 Å². The van der Waals surface area contributed by atoms with Gasteiger partial charge in [0.2, 0.25) is 0 Å². The molecule has 3 heteroatoms. The van der Waals surface area contributed by atoms with Crippen LogP contribution in [0.4, 0.5) is 17.1 Å². The topological polar surface area (TPSA) is 16.4 Å². The van der Waals surface area contributed by atoms with Gasteiger partial charge in [-0.1, -0.05) is 188 Å². The summed E-state index contributed by atoms with van der Waals surface area (Å²) in [6.07, 6.45) is 0. The first-order valence-corrected chi connectivity index (χ1v) is 21.6. The number of thiophene rings is 1. The van der Waals surface area contributed by atoms with Gasteiger partial charge < -0.3 is 9.32 Å². The van der Waals surface area contributed by atoms with Gasteiger partial charge in [0.05, 0.1) is 11.4 Å². The Balaban J connectivity index is 1.13. The summed E-state index contributed by atoms with van der Waals surface area (Å²) in [5, 5.41) is 7.25. The summed E-state index contributed by atoms with van der Waals surface area (Å²) < 4.78 is 9.31. The van der Waals surface area contributed by atoms with Crippen LogP contribution in [-0.2, 0) is 0 Å². The lowest BCUT2D eigenvalue weighted by molar-refractivity contribution is 0.670. The van der Waals surface area contributed by atoms with Crippen LogP contribution in [-0.4, -0.2) is 0 Å². The van der Waals surface area contributed by atoms with E-state index in [1.165, 1.54) is 58.8 Å². The summed E-state index contributed by atoms with van der Waals surface area (Å²) in [6, 6.07) is 81.2. The van der Waals surface area contributed by atoms with Gasteiger partial charge in [-0.25, -0.2) is 0 Å². The molecule has 0 aliphatic rings. The highest BCUT2D eigenvalue weighted by molar-refractivity contribution is 7.26. The van der Waals surface area contributed by atoms with Crippen LogP contribution in [0.1, 0.15) is 0 Å². The predicted molar refractivity (Wildman–Crippen MR) is 261 cm³/mol. The number of fused-ring (bicyclic) bond motifs is 7. The van der Waals surface area contributed by atoms with Crippen molar-refractivity contribution in [1.29, 1.82) is 0 Å². The van der Waals surface area contributed by atoms with Gasteiger partial charge in [-0.15, -0.1) is 11.3 Å². The number of para-hydroxylation sites is 4. The molecule has 0 radical (unpaired) electrons. The number of furan rings is 1. The van der Waals surface area contributed by atoms with Gasteiger partial charge in [-0.05, 0) is 75.0 Å². The molecule has 286 valence electrons. The lowest BCUT2D eigenvalue weighted by atomic mass is 9.90. The summed E-state index contributed by atoms with van der Waals surface area (Å²) in [5.41, 5.74) is 14.3. The Morgan fingerprint density at radius 2 is 0.918 bits per heavy atom. The predicted octanol–water partition coefficient (Wildman–Crippen LogP) is 17.2. The number of nitrogens with zero attached hydrogens (tertiary/aromatic N) is 1. The summed E-state index contributed by atoms with van der Waals surface area (Å²) >= 11 is 1.87. The fourth-order valence-electron chi connectivity index (χ4n) is 9.37. The van der Waals surface area contributed by atoms with Crippen LogP contribution >= 0.6 is 11.3 Å². The molecule has 0 aliphatic heterocycles. The third-order valence-electron chi connectivity index (χ3n) is 12.1. The zero-order valence-corrected chi connectivity index (χ0v) is 33.9. The molecular weight excluding hydrogens is 759 g/mol. The van der Waals surface area contributed by atoms with Crippen molar-refractivity contribution in [3.8, 4) is 44.5 Å². The standard InChI is InChI=1S/C58H37NOS/c1-2-17-38(18-3-1)42-27-13-19-39-20-14-29-48(56(39)42)44-23-4-8-33-52(44)59(41-22-12-21-40(37-41)43-28-15-32-51-47-26-7-11-36-55(47)61-58(43)51)53-34-9-5-24-45(53)49-30-16-31-50-46-25-6-10-35-54(46)60-57(49)50/h1-37H. The van der Waals surface area contributed by atoms with Gasteiger partial charge in [0.15, 0.2) is 0 Å². The Bertz CT molecular complexity index is 3610. The molecule has 10 aromatic carbocycles. The van der Waals surface area contributed by atoms with E-state index in [0.717, 1.165) is 55.7 Å². The maximum Gasteiger partial charge on any atom is 0.143 e. The molecule has 12 aromatic rings. The first-order chi connectivity index (χ1) is 30.3. The van der Waals surface area contributed by atoms with Gasteiger partial charge in [-0.3, -0.25) is 0 Å². The third-order valence-corrected chi connectivity index (χ3v) is 13.3. The molecule has 0 bridgehead atoms. The molecule has 2 aromatic heterocycles. The van der Waals surface area contributed by atoms with Gasteiger partial charge in [0.1, 0.15) is 11.2 Å². The average Bonchev–Trinajstić information content (AvgIpc) is 3.91. The van der Waals surface area contributed by atoms with Gasteiger partial charge in [0, 0.05) is 53.3 Å². The quantitative estimate of drug-likeness (QED) is 0.160. The Morgan fingerprint density at radius 3 is 1.74 bits per heavy atom. The normalized spacial score (nSPS) is 11.6. The molecule has 2 heterocycles. The Morgan fingerprint density at radius 1 is 0.361 bits per heavy atom. The van der Waals surface area contributed by atoms with Gasteiger partial charge in [0.25, 0.3) is 0 Å². The largest absolute Gasteiger partial charge is 0.455 e. The lowest BCUT2D eigenvalue weighted by Crippen LogP contribution is -2.12. The molecule has 0 spiro atoms. The summed E-state index contributed by atoms with van der Waals surface area (Å²) in [5.74, 6) is 0. The second kappa shape index (κ2) is 14.5. The summed E-state index contributed by atoms with van der Waals surface area (Å²) in [6.45, 7) is 0. The fourth-order valence-corrected chi connectivity index (χ4v) is 10.6. The number of hydrogen-bond acceptors (Lipinski definition) is 3. The first-order valence-electron chi connectivity index (χ1n) is 20.8. The zero-order valence-electron chi connectivity index (χ0n) is 33.1. The van der Waals surface area contributed by atoms with E-state index < -0.39 is 0 Å². The lowest BCUT2D eigenvalue weighted by Gasteiger charge is -2.30. The molecule has 0 aliphatic carbocycles. The number of rotatable bonds is 7. The van der Waals surface area contributed by atoms with E-state index in [0.29, 0.717) is 0 Å². The van der Waals surface area contributed by atoms with Crippen LogP contribution in [0, 0.1) is 0 Å². The van der Waals surface area contributed by atoms with Crippen molar-refractivity contribution in [2.75, 3.05) is 4.90 Å². The number of anilines is 3. The van der Waals surface area contributed by atoms with Crippen LogP contribution in [0.15, 0.2) is 229 Å². The fraction of sp³-hybridized carbons (Fsp3) is 0. The minimum Gasteiger partial charge on any atom is -0.455 e. The van der Waals surface area contributed by atoms with E-state index in [1.807, 2.05) is 17.4 Å². The van der Waals surface area contributed by atoms with E-state index in [4.69, 9.17) is 4.42 Å². The monoisotopic (exact) mass is 795 g/mol. The van der Waals surface area contributed by atoms with Gasteiger partial charge in [-0.2, -0.15) is 0 Å². The first kappa shape index (κ1) is 35.2. The highest BCUT2D eigenvalue weighted by Gasteiger charge is 2.24. The van der Waals surface area contributed by atoms with Crippen LogP contribution in [0.3, 0.4) is 0 Å². The van der Waals surface area contributed by atoms with E-state index in [2.05, 4.69) is 223 Å². The molecule has 61 heavy (non-hydrogen) atoms. The molecule has 0 saturated carbocycles. The van der Waals surface area contributed by atoms with Crippen molar-refractivity contribution >= 4 is 81.3 Å². The molecular formula is C58H37NOS. The molecule has 12 rings (SSSR count). The second-order valence-electron chi connectivity index (χ2n) is 15.6. The van der Waals surface area contributed by atoms with Crippen LogP contribution < -0.4 is 4.90 Å². The Hall–Kier alpha value is -7.72. The van der Waals surface area contributed by atoms with Gasteiger partial charge >= 0.3 is 0 Å². The van der Waals surface area contributed by atoms with Crippen molar-refractivity contribution in [1.82, 2.24) is 0 Å². The summed E-state index contributed by atoms with van der Waals surface area (Å²) in [7, 11) is 0. The number of hydrogen-bond donors (Lipinski definition) is 0. The minimum absolute atomic E-state index is 0.885. The Labute approximate surface area is 357 Å². The van der Waals surface area contributed by atoms with Crippen molar-refractivity contribution < 1.29 is 4.42 Å². The van der Waals surface area contributed by atoms with Crippen molar-refractivity contribution in [2.45, 2.75) is 0 Å². The second-order valence-corrected chi connectivity index (χ2v) is 16.6. The van der Waals surface area contributed by atoms with E-state index in [1.54, 1.807) is 0 Å². The van der Waals surface area contributed by atoms with E-state index in [9.17, 15) is 0 Å². The van der Waals surface area contributed by atoms with Crippen LogP contribution in [0.5, 0.6) is 0 Å². The third kappa shape index (κ3) is 5.85. The molecule has 0 N–H and O–H groups in total. The SMILES string of the molecule is c1ccc(-c2cccc3cccc(-c4ccccc4N(c4cccc(-c5cccc6c5sc5ccccc56)c4)c4ccccc4-c4cccc5c4oc4ccccc45)c23)cc1. The van der Waals surface area contributed by atoms with E-state index >= 15 is 0 Å². The summed E-state index contributed by atoms with van der Waals surface area (Å²) in [4.78, 5) is 2.46. The maximum absolute atomic E-state index is 6.71. The Kier molecular flexibility index (Phi) is 8.39. The zero-order chi connectivity index (χ0) is 40.3. The average molecular weight is 796 g/mol. The highest BCUT2D eigenvalue weighted by atomic mass is 32.1. The molecule has 0 atom stereocenters. The van der Waals surface area contributed by atoms with Crippen LogP contribution in [0.2, 0.25) is 0 Å². The van der Waals surface area contributed by atoms with E-state index in [-0.39, 0.29) is 0 Å². The maximum atomic E-state index is 6.71. The molecule has 0 fully saturated rings. The van der Waals surface area contributed by atoms with Crippen molar-refractivity contribution in [2.24, 2.45) is 0 Å². The molecule has 0 unspecified atom stereocenters. The molecule has 0 amide bonds. The smallest absolute Gasteiger partial charge is 0.143 e. The molecule has 0 saturated heterocycles. The number of benzene rings is 10. The molecule has 2 nitrogen and oxygen atoms in total. The van der Waals surface area contributed by atoms with Crippen molar-refractivity contribution in [3.63, 3.8) is 0 Å². The van der Waals surface area contributed by atoms with Crippen LogP contribution in [0.25, 0.3) is 97.4 Å². The minimum atomic E-state index is 0.885. The highest BCUT2D eigenvalue weighted by Crippen LogP contribution is 2.49.